The van der Waals surface area contributed by atoms with Gasteiger partial charge in [-0.15, -0.1) is 0 Å². The summed E-state index contributed by atoms with van der Waals surface area (Å²) in [6.07, 6.45) is 3.46. The van der Waals surface area contributed by atoms with Crippen molar-refractivity contribution < 1.29 is 9.53 Å². The summed E-state index contributed by atoms with van der Waals surface area (Å²) in [5, 5.41) is 0. The van der Waals surface area contributed by atoms with Crippen molar-refractivity contribution in [3.05, 3.63) is 34.9 Å². The highest BCUT2D eigenvalue weighted by molar-refractivity contribution is 5.50. The Kier molecular flexibility index (Phi) is 2.94. The van der Waals surface area contributed by atoms with Crippen LogP contribution in [0.3, 0.4) is 0 Å². The van der Waals surface area contributed by atoms with Gasteiger partial charge in [-0.25, -0.2) is 0 Å². The summed E-state index contributed by atoms with van der Waals surface area (Å²) in [6, 6.07) is 6.42. The molecule has 0 saturated carbocycles. The first-order valence-corrected chi connectivity index (χ1v) is 5.02. The van der Waals surface area contributed by atoms with E-state index in [1.54, 1.807) is 0 Å². The highest BCUT2D eigenvalue weighted by Crippen LogP contribution is 2.18. The van der Waals surface area contributed by atoms with Crippen LogP contribution in [0.5, 0.6) is 0 Å². The Morgan fingerprint density at radius 1 is 1.36 bits per heavy atom. The summed E-state index contributed by atoms with van der Waals surface area (Å²) < 4.78 is 5.36. The molecule has 2 heteroatoms. The average Bonchev–Trinajstić information content (AvgIpc) is 2.26. The Bertz CT molecular complexity index is 331. The largest absolute Gasteiger partial charge is 0.376 e. The first kappa shape index (κ1) is 9.41. The Balaban J connectivity index is 2.16. The topological polar surface area (TPSA) is 26.3 Å². The zero-order valence-corrected chi connectivity index (χ0v) is 8.16. The van der Waals surface area contributed by atoms with Crippen molar-refractivity contribution in [2.75, 3.05) is 6.61 Å². The van der Waals surface area contributed by atoms with Crippen LogP contribution in [-0.4, -0.2) is 12.9 Å². The lowest BCUT2D eigenvalue weighted by Crippen LogP contribution is -2.10. The molecule has 0 atom stereocenters. The Hall–Kier alpha value is -1.15. The third-order valence-electron chi connectivity index (χ3n) is 2.59. The molecule has 0 aromatic heterocycles. The molecule has 0 radical (unpaired) electrons. The quantitative estimate of drug-likeness (QED) is 0.680. The molecule has 1 aliphatic heterocycles. The normalized spacial score (nSPS) is 14.9. The standard InChI is InChI=1S/C12H14O2/c13-6-1-2-10-3-4-12-9-14-7-5-11(12)8-10/h3-4,6,8H,1-2,5,7,9H2. The van der Waals surface area contributed by atoms with Crippen molar-refractivity contribution in [3.63, 3.8) is 0 Å². The summed E-state index contributed by atoms with van der Waals surface area (Å²) in [5.41, 5.74) is 3.95. The predicted molar refractivity (Wildman–Crippen MR) is 54.2 cm³/mol. The van der Waals surface area contributed by atoms with Crippen LogP contribution in [0.1, 0.15) is 23.1 Å². The Labute approximate surface area is 83.9 Å². The molecule has 74 valence electrons. The van der Waals surface area contributed by atoms with Crippen molar-refractivity contribution in [3.8, 4) is 0 Å². The number of hydrogen-bond donors (Lipinski definition) is 0. The zero-order valence-electron chi connectivity index (χ0n) is 8.16. The van der Waals surface area contributed by atoms with E-state index in [2.05, 4.69) is 18.2 Å². The molecule has 0 unspecified atom stereocenters. The van der Waals surface area contributed by atoms with Gasteiger partial charge in [-0.1, -0.05) is 18.2 Å². The minimum Gasteiger partial charge on any atom is -0.376 e. The number of rotatable bonds is 3. The van der Waals surface area contributed by atoms with Gasteiger partial charge in [0.05, 0.1) is 13.2 Å². The number of hydrogen-bond acceptors (Lipinski definition) is 2. The molecule has 1 aromatic carbocycles. The first-order chi connectivity index (χ1) is 6.90. The van der Waals surface area contributed by atoms with Crippen LogP contribution >= 0.6 is 0 Å². The van der Waals surface area contributed by atoms with Gasteiger partial charge in [0.15, 0.2) is 0 Å². The number of ether oxygens (including phenoxy) is 1. The molecule has 1 aliphatic rings. The number of fused-ring (bicyclic) bond motifs is 1. The third kappa shape index (κ3) is 2.02. The number of aldehydes is 1. The van der Waals surface area contributed by atoms with Crippen molar-refractivity contribution >= 4 is 6.29 Å². The van der Waals surface area contributed by atoms with E-state index in [0.29, 0.717) is 6.42 Å². The molecule has 2 nitrogen and oxygen atoms in total. The fourth-order valence-corrected chi connectivity index (χ4v) is 1.80. The third-order valence-corrected chi connectivity index (χ3v) is 2.59. The molecular weight excluding hydrogens is 176 g/mol. The molecule has 14 heavy (non-hydrogen) atoms. The fraction of sp³-hybridized carbons (Fsp3) is 0.417. The summed E-state index contributed by atoms with van der Waals surface area (Å²) in [5.74, 6) is 0. The van der Waals surface area contributed by atoms with E-state index in [4.69, 9.17) is 4.74 Å². The molecule has 0 fully saturated rings. The van der Waals surface area contributed by atoms with E-state index in [0.717, 1.165) is 32.3 Å². The second-order valence-corrected chi connectivity index (χ2v) is 3.61. The van der Waals surface area contributed by atoms with Crippen molar-refractivity contribution in [1.82, 2.24) is 0 Å². The smallest absolute Gasteiger partial charge is 0.120 e. The van der Waals surface area contributed by atoms with Crippen LogP contribution in [0.25, 0.3) is 0 Å². The minimum atomic E-state index is 0.620. The van der Waals surface area contributed by atoms with Crippen molar-refractivity contribution in [2.45, 2.75) is 25.9 Å². The van der Waals surface area contributed by atoms with Gasteiger partial charge < -0.3 is 9.53 Å². The van der Waals surface area contributed by atoms with Crippen LogP contribution in [0.15, 0.2) is 18.2 Å². The van der Waals surface area contributed by atoms with Crippen LogP contribution < -0.4 is 0 Å². The average molecular weight is 190 g/mol. The maximum absolute atomic E-state index is 10.2. The van der Waals surface area contributed by atoms with Gasteiger partial charge in [0.1, 0.15) is 6.29 Å². The summed E-state index contributed by atoms with van der Waals surface area (Å²) in [4.78, 5) is 10.2. The lowest BCUT2D eigenvalue weighted by atomic mass is 9.98. The molecule has 0 saturated heterocycles. The van der Waals surface area contributed by atoms with Gasteiger partial charge in [0.25, 0.3) is 0 Å². The predicted octanol–water partition coefficient (Wildman–Crippen LogP) is 1.89. The number of carbonyl (C=O) groups is 1. The van der Waals surface area contributed by atoms with E-state index in [-0.39, 0.29) is 0 Å². The van der Waals surface area contributed by atoms with Gasteiger partial charge in [-0.2, -0.15) is 0 Å². The van der Waals surface area contributed by atoms with E-state index in [9.17, 15) is 4.79 Å². The maximum Gasteiger partial charge on any atom is 0.120 e. The molecule has 2 rings (SSSR count). The molecule has 0 spiro atoms. The summed E-state index contributed by atoms with van der Waals surface area (Å²) >= 11 is 0. The van der Waals surface area contributed by atoms with Crippen LogP contribution in [0, 0.1) is 0 Å². The van der Waals surface area contributed by atoms with Crippen molar-refractivity contribution in [2.24, 2.45) is 0 Å². The van der Waals surface area contributed by atoms with Crippen LogP contribution in [0.4, 0.5) is 0 Å². The van der Waals surface area contributed by atoms with Gasteiger partial charge >= 0.3 is 0 Å². The maximum atomic E-state index is 10.2. The Morgan fingerprint density at radius 3 is 3.14 bits per heavy atom. The fourth-order valence-electron chi connectivity index (χ4n) is 1.80. The highest BCUT2D eigenvalue weighted by atomic mass is 16.5. The van der Waals surface area contributed by atoms with E-state index >= 15 is 0 Å². The van der Waals surface area contributed by atoms with Gasteiger partial charge in [0.2, 0.25) is 0 Å². The molecule has 1 aromatic rings. The first-order valence-electron chi connectivity index (χ1n) is 5.02. The molecule has 0 amide bonds. The van der Waals surface area contributed by atoms with E-state index < -0.39 is 0 Å². The summed E-state index contributed by atoms with van der Waals surface area (Å²) in [6.45, 7) is 1.56. The van der Waals surface area contributed by atoms with Gasteiger partial charge in [-0.3, -0.25) is 0 Å². The van der Waals surface area contributed by atoms with Gasteiger partial charge in [0, 0.05) is 6.42 Å². The van der Waals surface area contributed by atoms with Gasteiger partial charge in [-0.05, 0) is 29.5 Å². The minimum absolute atomic E-state index is 0.620. The molecule has 0 N–H and O–H groups in total. The SMILES string of the molecule is O=CCCc1ccc2c(c1)CCOC2. The molecule has 0 bridgehead atoms. The van der Waals surface area contributed by atoms with Crippen molar-refractivity contribution in [1.29, 1.82) is 0 Å². The second-order valence-electron chi connectivity index (χ2n) is 3.61. The lowest BCUT2D eigenvalue weighted by Gasteiger charge is -2.16. The number of benzene rings is 1. The molecule has 0 aliphatic carbocycles. The monoisotopic (exact) mass is 190 g/mol. The molecule has 1 heterocycles. The number of carbonyl (C=O) groups excluding carboxylic acids is 1. The zero-order chi connectivity index (χ0) is 9.80. The second kappa shape index (κ2) is 4.38. The number of aryl methyl sites for hydroxylation is 1. The molecular formula is C12H14O2. The Morgan fingerprint density at radius 2 is 2.29 bits per heavy atom. The van der Waals surface area contributed by atoms with E-state index in [1.165, 1.54) is 16.7 Å². The van der Waals surface area contributed by atoms with E-state index in [1.807, 2.05) is 0 Å². The van der Waals surface area contributed by atoms with Crippen LogP contribution in [-0.2, 0) is 29.0 Å². The highest BCUT2D eigenvalue weighted by Gasteiger charge is 2.09. The lowest BCUT2D eigenvalue weighted by molar-refractivity contribution is -0.107. The summed E-state index contributed by atoms with van der Waals surface area (Å²) in [7, 11) is 0. The van der Waals surface area contributed by atoms with Crippen LogP contribution in [0.2, 0.25) is 0 Å².